The Balaban J connectivity index is 1.77. The van der Waals surface area contributed by atoms with Crippen LogP contribution >= 0.6 is 0 Å². The molecular formula is C18H18N4O4S. The summed E-state index contributed by atoms with van der Waals surface area (Å²) in [6.07, 6.45) is 0. The van der Waals surface area contributed by atoms with Crippen molar-refractivity contribution >= 4 is 27.3 Å². The Kier molecular flexibility index (Phi) is 4.87. The van der Waals surface area contributed by atoms with E-state index in [9.17, 15) is 18.6 Å². The first-order chi connectivity index (χ1) is 12.7. The fourth-order valence-corrected chi connectivity index (χ4v) is 3.61. The largest absolute Gasteiger partial charge is 0.508 e. The molecule has 0 atom stereocenters. The number of phenols is 2. The lowest BCUT2D eigenvalue weighted by atomic mass is 10.3. The predicted molar refractivity (Wildman–Crippen MR) is 102 cm³/mol. The van der Waals surface area contributed by atoms with Gasteiger partial charge in [0.25, 0.3) is 10.0 Å². The standard InChI is InChI=1S/C18H18N4O4S/c1-11-9-12(2)20-18(19-11)21-13-3-5-14(6-4-13)22-27(25,26)17-8-7-15(23)10-16(17)24/h3-10,22-24H,1-2H3,(H,19,20,21). The van der Waals surface area contributed by atoms with Crippen LogP contribution in [0.1, 0.15) is 11.4 Å². The van der Waals surface area contributed by atoms with E-state index in [1.165, 1.54) is 6.07 Å². The molecule has 1 heterocycles. The first kappa shape index (κ1) is 18.5. The normalized spacial score (nSPS) is 11.2. The molecule has 0 radical (unpaired) electrons. The molecule has 0 fully saturated rings. The van der Waals surface area contributed by atoms with E-state index in [4.69, 9.17) is 0 Å². The topological polar surface area (TPSA) is 124 Å². The molecule has 0 amide bonds. The Morgan fingerprint density at radius 2 is 1.44 bits per heavy atom. The van der Waals surface area contributed by atoms with Gasteiger partial charge in [0, 0.05) is 28.8 Å². The van der Waals surface area contributed by atoms with Crippen LogP contribution < -0.4 is 10.0 Å². The van der Waals surface area contributed by atoms with Gasteiger partial charge in [-0.05, 0) is 56.3 Å². The number of aryl methyl sites for hydroxylation is 2. The van der Waals surface area contributed by atoms with Gasteiger partial charge < -0.3 is 15.5 Å². The monoisotopic (exact) mass is 386 g/mol. The number of nitrogens with one attached hydrogen (secondary N) is 2. The van der Waals surface area contributed by atoms with E-state index in [0.29, 0.717) is 17.3 Å². The second-order valence-corrected chi connectivity index (χ2v) is 7.59. The summed E-state index contributed by atoms with van der Waals surface area (Å²) in [5.74, 6) is -0.307. The Morgan fingerprint density at radius 1 is 0.852 bits per heavy atom. The van der Waals surface area contributed by atoms with Crippen LogP contribution in [0.3, 0.4) is 0 Å². The number of sulfonamides is 1. The van der Waals surface area contributed by atoms with Crippen molar-refractivity contribution in [3.63, 3.8) is 0 Å². The lowest BCUT2D eigenvalue weighted by Gasteiger charge is -2.11. The van der Waals surface area contributed by atoms with Gasteiger partial charge in [-0.2, -0.15) is 0 Å². The summed E-state index contributed by atoms with van der Waals surface area (Å²) in [6, 6.07) is 11.6. The van der Waals surface area contributed by atoms with Crippen molar-refractivity contribution in [2.45, 2.75) is 18.7 Å². The maximum Gasteiger partial charge on any atom is 0.265 e. The van der Waals surface area contributed by atoms with Crippen LogP contribution in [0.5, 0.6) is 11.5 Å². The molecule has 0 spiro atoms. The Labute approximate surface area is 156 Å². The van der Waals surface area contributed by atoms with E-state index in [1.807, 2.05) is 19.9 Å². The van der Waals surface area contributed by atoms with Crippen molar-refractivity contribution in [3.05, 3.63) is 59.9 Å². The maximum atomic E-state index is 12.4. The molecule has 0 aliphatic heterocycles. The molecule has 0 aliphatic rings. The van der Waals surface area contributed by atoms with E-state index < -0.39 is 15.8 Å². The van der Waals surface area contributed by atoms with Gasteiger partial charge in [-0.3, -0.25) is 4.72 Å². The van der Waals surface area contributed by atoms with Crippen molar-refractivity contribution in [2.24, 2.45) is 0 Å². The molecule has 2 aromatic carbocycles. The molecule has 0 saturated heterocycles. The van der Waals surface area contributed by atoms with Gasteiger partial charge in [0.15, 0.2) is 0 Å². The molecule has 4 N–H and O–H groups in total. The van der Waals surface area contributed by atoms with Gasteiger partial charge in [0.2, 0.25) is 5.95 Å². The van der Waals surface area contributed by atoms with E-state index in [-0.39, 0.29) is 10.6 Å². The van der Waals surface area contributed by atoms with Crippen LogP contribution in [0, 0.1) is 13.8 Å². The summed E-state index contributed by atoms with van der Waals surface area (Å²) in [5, 5.41) is 22.1. The van der Waals surface area contributed by atoms with Crippen LogP contribution in [0.15, 0.2) is 53.4 Å². The first-order valence-electron chi connectivity index (χ1n) is 7.97. The molecule has 8 nitrogen and oxygen atoms in total. The highest BCUT2D eigenvalue weighted by Crippen LogP contribution is 2.28. The van der Waals surface area contributed by atoms with Crippen LogP contribution in [0.4, 0.5) is 17.3 Å². The number of phenolic OH excluding ortho intramolecular Hbond substituents is 2. The van der Waals surface area contributed by atoms with Crippen molar-refractivity contribution in [2.75, 3.05) is 10.0 Å². The van der Waals surface area contributed by atoms with Crippen LogP contribution in [0.25, 0.3) is 0 Å². The van der Waals surface area contributed by atoms with Crippen molar-refractivity contribution < 1.29 is 18.6 Å². The minimum absolute atomic E-state index is 0.226. The van der Waals surface area contributed by atoms with Gasteiger partial charge in [-0.15, -0.1) is 0 Å². The lowest BCUT2D eigenvalue weighted by Crippen LogP contribution is -2.13. The summed E-state index contributed by atoms with van der Waals surface area (Å²) in [7, 11) is -4.00. The SMILES string of the molecule is Cc1cc(C)nc(Nc2ccc(NS(=O)(=O)c3ccc(O)cc3O)cc2)n1. The number of hydrogen-bond acceptors (Lipinski definition) is 7. The molecule has 0 saturated carbocycles. The van der Waals surface area contributed by atoms with Crippen molar-refractivity contribution in [3.8, 4) is 11.5 Å². The highest BCUT2D eigenvalue weighted by Gasteiger charge is 2.19. The fourth-order valence-electron chi connectivity index (χ4n) is 2.48. The summed E-state index contributed by atoms with van der Waals surface area (Å²) in [6.45, 7) is 3.74. The molecule has 0 bridgehead atoms. The number of aromatic nitrogens is 2. The highest BCUT2D eigenvalue weighted by atomic mass is 32.2. The minimum atomic E-state index is -4.00. The average molecular weight is 386 g/mol. The van der Waals surface area contributed by atoms with Crippen LogP contribution in [-0.4, -0.2) is 28.6 Å². The zero-order valence-corrected chi connectivity index (χ0v) is 15.4. The summed E-state index contributed by atoms with van der Waals surface area (Å²) in [4.78, 5) is 8.24. The number of hydrogen-bond donors (Lipinski definition) is 4. The highest BCUT2D eigenvalue weighted by molar-refractivity contribution is 7.92. The summed E-state index contributed by atoms with van der Waals surface area (Å²) in [5.41, 5.74) is 2.68. The second-order valence-electron chi connectivity index (χ2n) is 5.93. The van der Waals surface area contributed by atoms with Gasteiger partial charge in [-0.25, -0.2) is 18.4 Å². The Morgan fingerprint density at radius 3 is 2.04 bits per heavy atom. The molecular weight excluding hydrogens is 368 g/mol. The summed E-state index contributed by atoms with van der Waals surface area (Å²) < 4.78 is 27.2. The number of aromatic hydroxyl groups is 2. The smallest absolute Gasteiger partial charge is 0.265 e. The quantitative estimate of drug-likeness (QED) is 0.531. The third kappa shape index (κ3) is 4.45. The van der Waals surface area contributed by atoms with Gasteiger partial charge >= 0.3 is 0 Å². The van der Waals surface area contributed by atoms with Crippen molar-refractivity contribution in [1.29, 1.82) is 0 Å². The van der Waals surface area contributed by atoms with Crippen LogP contribution in [0.2, 0.25) is 0 Å². The first-order valence-corrected chi connectivity index (χ1v) is 9.45. The van der Waals surface area contributed by atoms with E-state index in [2.05, 4.69) is 20.0 Å². The molecule has 3 rings (SSSR count). The van der Waals surface area contributed by atoms with Gasteiger partial charge in [0.05, 0.1) is 0 Å². The summed E-state index contributed by atoms with van der Waals surface area (Å²) >= 11 is 0. The molecule has 9 heteroatoms. The molecule has 0 aliphatic carbocycles. The fraction of sp³-hybridized carbons (Fsp3) is 0.111. The van der Waals surface area contributed by atoms with E-state index >= 15 is 0 Å². The maximum absolute atomic E-state index is 12.4. The molecule has 0 unspecified atom stereocenters. The van der Waals surface area contributed by atoms with Crippen LogP contribution in [-0.2, 0) is 10.0 Å². The second kappa shape index (κ2) is 7.12. The zero-order chi connectivity index (χ0) is 19.6. The van der Waals surface area contributed by atoms with E-state index in [0.717, 1.165) is 23.5 Å². The minimum Gasteiger partial charge on any atom is -0.508 e. The number of anilines is 3. The Bertz CT molecular complexity index is 1060. The third-order valence-electron chi connectivity index (χ3n) is 3.61. The Hall–Kier alpha value is -3.33. The lowest BCUT2D eigenvalue weighted by molar-refractivity contribution is 0.440. The van der Waals surface area contributed by atoms with E-state index in [1.54, 1.807) is 24.3 Å². The third-order valence-corrected chi connectivity index (χ3v) is 5.04. The van der Waals surface area contributed by atoms with Gasteiger partial charge in [0.1, 0.15) is 16.4 Å². The average Bonchev–Trinajstić information content (AvgIpc) is 2.55. The molecule has 140 valence electrons. The zero-order valence-electron chi connectivity index (χ0n) is 14.6. The molecule has 1 aromatic heterocycles. The predicted octanol–water partition coefficient (Wildman–Crippen LogP) is 3.05. The van der Waals surface area contributed by atoms with Crippen molar-refractivity contribution in [1.82, 2.24) is 9.97 Å². The molecule has 3 aromatic rings. The number of benzene rings is 2. The van der Waals surface area contributed by atoms with Gasteiger partial charge in [-0.1, -0.05) is 0 Å². The number of rotatable bonds is 5. The molecule has 27 heavy (non-hydrogen) atoms. The number of nitrogens with zero attached hydrogens (tertiary/aromatic N) is 2.